The molecule has 1 aliphatic heterocycles. The van der Waals surface area contributed by atoms with Crippen LogP contribution in [0.5, 0.6) is 11.5 Å². The number of nitrogens with one attached hydrogen (secondary N) is 1. The van der Waals surface area contributed by atoms with E-state index in [1.165, 1.54) is 18.8 Å². The summed E-state index contributed by atoms with van der Waals surface area (Å²) in [4.78, 5) is 39.2. The summed E-state index contributed by atoms with van der Waals surface area (Å²) in [5.74, 6) is 0.279. The molecule has 0 spiro atoms. The van der Waals surface area contributed by atoms with Gasteiger partial charge in [-0.1, -0.05) is 23.7 Å². The van der Waals surface area contributed by atoms with Gasteiger partial charge < -0.3 is 19.5 Å². The number of amides is 1. The number of benzene rings is 2. The van der Waals surface area contributed by atoms with E-state index in [1.807, 2.05) is 0 Å². The fraction of sp³-hybridized carbons (Fsp3) is 0.348. The molecule has 1 saturated heterocycles. The molecule has 1 fully saturated rings. The maximum absolute atomic E-state index is 13.3. The van der Waals surface area contributed by atoms with Gasteiger partial charge >= 0.3 is 5.69 Å². The van der Waals surface area contributed by atoms with Gasteiger partial charge in [0.25, 0.3) is 5.56 Å². The zero-order chi connectivity index (χ0) is 23.5. The zero-order valence-electron chi connectivity index (χ0n) is 18.3. The first kappa shape index (κ1) is 22.9. The molecular formula is C23H24ClN3O6. The largest absolute Gasteiger partial charge is 0.497 e. The summed E-state index contributed by atoms with van der Waals surface area (Å²) in [7, 11) is 2.94. The third-order valence-corrected chi connectivity index (χ3v) is 5.89. The molecule has 1 unspecified atom stereocenters. The Morgan fingerprint density at radius 2 is 1.97 bits per heavy atom. The number of carbonyl (C=O) groups is 1. The number of hydrogen-bond acceptors (Lipinski definition) is 6. The van der Waals surface area contributed by atoms with Crippen LogP contribution in [0, 0.1) is 0 Å². The van der Waals surface area contributed by atoms with Crippen molar-refractivity contribution in [1.82, 2.24) is 9.13 Å². The van der Waals surface area contributed by atoms with E-state index < -0.39 is 17.2 Å². The van der Waals surface area contributed by atoms with Crippen LogP contribution in [0.15, 0.2) is 46.0 Å². The number of carbonyl (C=O) groups excluding carboxylic acids is 1. The lowest BCUT2D eigenvalue weighted by atomic mass is 10.2. The highest BCUT2D eigenvalue weighted by atomic mass is 35.5. The molecular weight excluding hydrogens is 450 g/mol. The van der Waals surface area contributed by atoms with E-state index in [-0.39, 0.29) is 29.9 Å². The molecule has 3 aromatic rings. The third kappa shape index (κ3) is 4.60. The minimum absolute atomic E-state index is 0.141. The maximum Gasteiger partial charge on any atom is 0.332 e. The van der Waals surface area contributed by atoms with Crippen LogP contribution in [0.1, 0.15) is 12.8 Å². The smallest absolute Gasteiger partial charge is 0.332 e. The molecule has 174 valence electrons. The monoisotopic (exact) mass is 473 g/mol. The van der Waals surface area contributed by atoms with E-state index in [1.54, 1.807) is 36.4 Å². The van der Waals surface area contributed by atoms with Crippen LogP contribution in [0.2, 0.25) is 5.02 Å². The Labute approximate surface area is 194 Å². The van der Waals surface area contributed by atoms with Crippen molar-refractivity contribution >= 4 is 34.1 Å². The van der Waals surface area contributed by atoms with Crippen LogP contribution in [0.25, 0.3) is 10.9 Å². The Hall–Kier alpha value is -3.30. The van der Waals surface area contributed by atoms with Gasteiger partial charge in [-0.05, 0) is 25.0 Å². The van der Waals surface area contributed by atoms with Gasteiger partial charge in [0, 0.05) is 18.7 Å². The van der Waals surface area contributed by atoms with E-state index in [4.69, 9.17) is 25.8 Å². The molecule has 1 aliphatic rings. The molecule has 1 aromatic heterocycles. The topological polar surface area (TPSA) is 101 Å². The van der Waals surface area contributed by atoms with Gasteiger partial charge in [0.05, 0.1) is 42.8 Å². The number of ether oxygens (including phenoxy) is 3. The SMILES string of the molecule is COc1cc(Cl)c(NC(=O)Cn2c(=O)n(CC3CCCO3)c(=O)c3ccccc32)c(OC)c1. The van der Waals surface area contributed by atoms with Gasteiger partial charge in [-0.2, -0.15) is 0 Å². The Kier molecular flexibility index (Phi) is 6.71. The summed E-state index contributed by atoms with van der Waals surface area (Å²) in [6.45, 7) is 0.424. The molecule has 1 atom stereocenters. The van der Waals surface area contributed by atoms with Gasteiger partial charge in [0.1, 0.15) is 23.7 Å². The van der Waals surface area contributed by atoms with Crippen LogP contribution < -0.4 is 26.0 Å². The highest BCUT2D eigenvalue weighted by Crippen LogP contribution is 2.36. The van der Waals surface area contributed by atoms with Crippen molar-refractivity contribution in [2.75, 3.05) is 26.1 Å². The van der Waals surface area contributed by atoms with Gasteiger partial charge in [-0.25, -0.2) is 4.79 Å². The highest BCUT2D eigenvalue weighted by Gasteiger charge is 2.22. The van der Waals surface area contributed by atoms with Crippen LogP contribution in [0.3, 0.4) is 0 Å². The second kappa shape index (κ2) is 9.68. The molecule has 4 rings (SSSR count). The van der Waals surface area contributed by atoms with Crippen LogP contribution in [-0.2, 0) is 22.6 Å². The summed E-state index contributed by atoms with van der Waals surface area (Å²) in [6, 6.07) is 9.85. The van der Waals surface area contributed by atoms with E-state index in [0.29, 0.717) is 29.0 Å². The number of para-hydroxylation sites is 1. The summed E-state index contributed by atoms with van der Waals surface area (Å²) in [5.41, 5.74) is -0.339. The number of anilines is 1. The van der Waals surface area contributed by atoms with Gasteiger partial charge in [-0.15, -0.1) is 0 Å². The average Bonchev–Trinajstić information content (AvgIpc) is 3.34. The average molecular weight is 474 g/mol. The molecule has 2 heterocycles. The number of hydrogen-bond donors (Lipinski definition) is 1. The fourth-order valence-corrected chi connectivity index (χ4v) is 4.21. The highest BCUT2D eigenvalue weighted by molar-refractivity contribution is 6.34. The van der Waals surface area contributed by atoms with Crippen molar-refractivity contribution in [1.29, 1.82) is 0 Å². The number of halogens is 1. The Bertz CT molecular complexity index is 1310. The van der Waals surface area contributed by atoms with Crippen molar-refractivity contribution < 1.29 is 19.0 Å². The number of fused-ring (bicyclic) bond motifs is 1. The molecule has 2 aromatic carbocycles. The first-order chi connectivity index (χ1) is 15.9. The Morgan fingerprint density at radius 1 is 1.18 bits per heavy atom. The minimum atomic E-state index is -0.572. The van der Waals surface area contributed by atoms with E-state index in [2.05, 4.69) is 5.32 Å². The van der Waals surface area contributed by atoms with Crippen molar-refractivity contribution in [2.45, 2.75) is 32.0 Å². The summed E-state index contributed by atoms with van der Waals surface area (Å²) in [5, 5.41) is 3.28. The number of rotatable bonds is 7. The fourth-order valence-electron chi connectivity index (χ4n) is 3.96. The first-order valence-corrected chi connectivity index (χ1v) is 10.9. The molecule has 1 N–H and O–H groups in total. The number of nitrogens with zero attached hydrogens (tertiary/aromatic N) is 2. The van der Waals surface area contributed by atoms with Gasteiger partial charge in [0.15, 0.2) is 0 Å². The van der Waals surface area contributed by atoms with Gasteiger partial charge in [-0.3, -0.25) is 18.7 Å². The number of methoxy groups -OCH3 is 2. The van der Waals surface area contributed by atoms with E-state index in [0.717, 1.165) is 17.4 Å². The molecule has 9 nitrogen and oxygen atoms in total. The van der Waals surface area contributed by atoms with Crippen LogP contribution in [-0.4, -0.2) is 42.0 Å². The summed E-state index contributed by atoms with van der Waals surface area (Å²) in [6.07, 6.45) is 1.45. The normalized spacial score (nSPS) is 15.5. The predicted octanol–water partition coefficient (Wildman–Crippen LogP) is 2.65. The molecule has 0 aliphatic carbocycles. The van der Waals surface area contributed by atoms with E-state index in [9.17, 15) is 14.4 Å². The molecule has 0 radical (unpaired) electrons. The third-order valence-electron chi connectivity index (χ3n) is 5.59. The Morgan fingerprint density at radius 3 is 2.67 bits per heavy atom. The molecule has 1 amide bonds. The van der Waals surface area contributed by atoms with Gasteiger partial charge in [0.2, 0.25) is 5.91 Å². The first-order valence-electron chi connectivity index (χ1n) is 10.5. The van der Waals surface area contributed by atoms with Crippen molar-refractivity contribution in [2.24, 2.45) is 0 Å². The second-order valence-electron chi connectivity index (χ2n) is 7.67. The lowest BCUT2D eigenvalue weighted by molar-refractivity contribution is -0.116. The zero-order valence-corrected chi connectivity index (χ0v) is 19.1. The molecule has 0 saturated carbocycles. The van der Waals surface area contributed by atoms with Crippen LogP contribution >= 0.6 is 11.6 Å². The number of aromatic nitrogens is 2. The minimum Gasteiger partial charge on any atom is -0.497 e. The second-order valence-corrected chi connectivity index (χ2v) is 8.08. The van der Waals surface area contributed by atoms with E-state index >= 15 is 0 Å². The standard InChI is InChI=1S/C23H24ClN3O6/c1-31-15-10-17(24)21(19(11-15)32-2)25-20(28)13-26-18-8-4-3-7-16(18)22(29)27(23(26)30)12-14-6-5-9-33-14/h3-4,7-8,10-11,14H,5-6,9,12-13H2,1-2H3,(H,25,28). The van der Waals surface area contributed by atoms with Crippen molar-refractivity contribution in [3.05, 3.63) is 62.3 Å². The van der Waals surface area contributed by atoms with Crippen molar-refractivity contribution in [3.8, 4) is 11.5 Å². The van der Waals surface area contributed by atoms with Crippen molar-refractivity contribution in [3.63, 3.8) is 0 Å². The predicted molar refractivity (Wildman–Crippen MR) is 125 cm³/mol. The van der Waals surface area contributed by atoms with Crippen LogP contribution in [0.4, 0.5) is 5.69 Å². The quantitative estimate of drug-likeness (QED) is 0.566. The molecule has 10 heteroatoms. The lowest BCUT2D eigenvalue weighted by Crippen LogP contribution is -2.43. The lowest BCUT2D eigenvalue weighted by Gasteiger charge is -2.17. The maximum atomic E-state index is 13.3. The Balaban J connectivity index is 1.71. The molecule has 0 bridgehead atoms. The summed E-state index contributed by atoms with van der Waals surface area (Å²) < 4.78 is 18.5. The molecule has 33 heavy (non-hydrogen) atoms. The summed E-state index contributed by atoms with van der Waals surface area (Å²) >= 11 is 6.30.